The molecule has 1 aromatic rings. The standard InChI is InChI=1S/C10H12FN3O/c1-10(4-5-10)9(15)14-13-8-3-2-7(11)6-12-8/h2-3,6H,4-5H2,1H3,(H,12,13)(H,14,15). The molecule has 2 rings (SSSR count). The van der Waals surface area contributed by atoms with Crippen LogP contribution in [0.5, 0.6) is 0 Å². The van der Waals surface area contributed by atoms with Crippen molar-refractivity contribution in [2.75, 3.05) is 5.43 Å². The first kappa shape index (κ1) is 9.89. The SMILES string of the molecule is CC1(C(=O)NNc2ccc(F)cn2)CC1. The van der Waals surface area contributed by atoms with Crippen LogP contribution in [0, 0.1) is 11.2 Å². The molecule has 1 aliphatic carbocycles. The fourth-order valence-corrected chi connectivity index (χ4v) is 1.14. The highest BCUT2D eigenvalue weighted by Gasteiger charge is 2.44. The number of carbonyl (C=O) groups is 1. The topological polar surface area (TPSA) is 54.0 Å². The molecule has 15 heavy (non-hydrogen) atoms. The molecule has 1 aromatic heterocycles. The molecule has 4 nitrogen and oxygen atoms in total. The molecular weight excluding hydrogens is 197 g/mol. The van der Waals surface area contributed by atoms with Crippen molar-refractivity contribution in [3.8, 4) is 0 Å². The molecule has 0 unspecified atom stereocenters. The number of anilines is 1. The minimum absolute atomic E-state index is 0.0476. The van der Waals surface area contributed by atoms with Crippen LogP contribution in [0.2, 0.25) is 0 Å². The van der Waals surface area contributed by atoms with E-state index in [9.17, 15) is 9.18 Å². The molecule has 80 valence electrons. The number of nitrogens with one attached hydrogen (secondary N) is 2. The van der Waals surface area contributed by atoms with Crippen LogP contribution in [-0.2, 0) is 4.79 Å². The number of hydrogen-bond donors (Lipinski definition) is 2. The number of hydrazine groups is 1. The maximum atomic E-state index is 12.5. The highest BCUT2D eigenvalue weighted by molar-refractivity contribution is 5.85. The minimum atomic E-state index is -0.402. The zero-order valence-corrected chi connectivity index (χ0v) is 8.38. The summed E-state index contributed by atoms with van der Waals surface area (Å²) in [6.07, 6.45) is 2.92. The predicted octanol–water partition coefficient (Wildman–Crippen LogP) is 1.46. The highest BCUT2D eigenvalue weighted by atomic mass is 19.1. The Morgan fingerprint density at radius 3 is 2.80 bits per heavy atom. The van der Waals surface area contributed by atoms with Gasteiger partial charge in [0.2, 0.25) is 5.91 Å². The number of amides is 1. The normalized spacial score (nSPS) is 16.9. The van der Waals surface area contributed by atoms with Crippen molar-refractivity contribution in [1.29, 1.82) is 0 Å². The van der Waals surface area contributed by atoms with Crippen LogP contribution in [0.15, 0.2) is 18.3 Å². The van der Waals surface area contributed by atoms with Gasteiger partial charge >= 0.3 is 0 Å². The lowest BCUT2D eigenvalue weighted by molar-refractivity contribution is -0.125. The Bertz CT molecular complexity index is 373. The molecule has 0 aromatic carbocycles. The van der Waals surface area contributed by atoms with Crippen molar-refractivity contribution < 1.29 is 9.18 Å². The largest absolute Gasteiger partial charge is 0.282 e. The molecule has 0 aliphatic heterocycles. The lowest BCUT2D eigenvalue weighted by Gasteiger charge is -2.10. The molecule has 2 N–H and O–H groups in total. The second kappa shape index (κ2) is 3.49. The van der Waals surface area contributed by atoms with Crippen LogP contribution in [0.3, 0.4) is 0 Å². The predicted molar refractivity (Wildman–Crippen MR) is 53.3 cm³/mol. The van der Waals surface area contributed by atoms with Gasteiger partial charge in [0.1, 0.15) is 11.6 Å². The number of halogens is 1. The summed E-state index contributed by atoms with van der Waals surface area (Å²) in [6, 6.07) is 2.74. The summed E-state index contributed by atoms with van der Waals surface area (Å²) in [7, 11) is 0. The van der Waals surface area contributed by atoms with Crippen molar-refractivity contribution in [3.63, 3.8) is 0 Å². The number of carbonyl (C=O) groups excluding carboxylic acids is 1. The van der Waals surface area contributed by atoms with E-state index >= 15 is 0 Å². The molecule has 1 heterocycles. The molecule has 1 amide bonds. The van der Waals surface area contributed by atoms with Crippen LogP contribution in [0.1, 0.15) is 19.8 Å². The maximum Gasteiger partial charge on any atom is 0.244 e. The fraction of sp³-hybridized carbons (Fsp3) is 0.400. The van der Waals surface area contributed by atoms with Gasteiger partial charge < -0.3 is 0 Å². The third-order valence-electron chi connectivity index (χ3n) is 2.58. The number of hydrogen-bond acceptors (Lipinski definition) is 3. The van der Waals surface area contributed by atoms with Crippen molar-refractivity contribution in [1.82, 2.24) is 10.4 Å². The lowest BCUT2D eigenvalue weighted by atomic mass is 10.1. The lowest BCUT2D eigenvalue weighted by Crippen LogP contribution is -2.35. The van der Waals surface area contributed by atoms with Gasteiger partial charge in [0.15, 0.2) is 0 Å². The molecule has 0 spiro atoms. The van der Waals surface area contributed by atoms with E-state index in [1.54, 1.807) is 0 Å². The number of nitrogens with zero attached hydrogens (tertiary/aromatic N) is 1. The van der Waals surface area contributed by atoms with Gasteiger partial charge in [-0.3, -0.25) is 15.6 Å². The summed E-state index contributed by atoms with van der Waals surface area (Å²) < 4.78 is 12.5. The Balaban J connectivity index is 1.88. The van der Waals surface area contributed by atoms with Crippen molar-refractivity contribution in [2.24, 2.45) is 5.41 Å². The summed E-state index contributed by atoms with van der Waals surface area (Å²) in [5.41, 5.74) is 4.96. The Hall–Kier alpha value is -1.65. The van der Waals surface area contributed by atoms with Gasteiger partial charge in [-0.05, 0) is 25.0 Å². The van der Waals surface area contributed by atoms with Gasteiger partial charge in [0.05, 0.1) is 6.20 Å². The quantitative estimate of drug-likeness (QED) is 0.741. The van der Waals surface area contributed by atoms with Crippen LogP contribution in [0.25, 0.3) is 0 Å². The second-order valence-corrected chi connectivity index (χ2v) is 4.00. The van der Waals surface area contributed by atoms with Gasteiger partial charge in [-0.1, -0.05) is 6.92 Å². The van der Waals surface area contributed by atoms with E-state index < -0.39 is 5.82 Å². The van der Waals surface area contributed by atoms with Gasteiger partial charge in [-0.2, -0.15) is 0 Å². The number of rotatable bonds is 3. The highest BCUT2D eigenvalue weighted by Crippen LogP contribution is 2.44. The van der Waals surface area contributed by atoms with E-state index in [1.807, 2.05) is 6.92 Å². The Kier molecular flexibility index (Phi) is 2.30. The average Bonchev–Trinajstić information content (AvgIpc) is 2.97. The number of pyridine rings is 1. The van der Waals surface area contributed by atoms with Crippen molar-refractivity contribution >= 4 is 11.7 Å². The van der Waals surface area contributed by atoms with Gasteiger partial charge in [0, 0.05) is 5.41 Å². The summed E-state index contributed by atoms with van der Waals surface area (Å²) in [4.78, 5) is 15.2. The van der Waals surface area contributed by atoms with Crippen molar-refractivity contribution in [2.45, 2.75) is 19.8 Å². The van der Waals surface area contributed by atoms with E-state index in [1.165, 1.54) is 12.1 Å². The Labute approximate surface area is 86.9 Å². The number of aromatic nitrogens is 1. The molecule has 0 saturated heterocycles. The van der Waals surface area contributed by atoms with Crippen LogP contribution >= 0.6 is 0 Å². The van der Waals surface area contributed by atoms with Gasteiger partial charge in [-0.25, -0.2) is 9.37 Å². The second-order valence-electron chi connectivity index (χ2n) is 4.00. The molecule has 0 bridgehead atoms. The fourth-order valence-electron chi connectivity index (χ4n) is 1.14. The monoisotopic (exact) mass is 209 g/mol. The van der Waals surface area contributed by atoms with Crippen LogP contribution < -0.4 is 10.9 Å². The maximum absolute atomic E-state index is 12.5. The zero-order valence-electron chi connectivity index (χ0n) is 8.38. The molecule has 1 fully saturated rings. The Morgan fingerprint density at radius 2 is 2.27 bits per heavy atom. The summed E-state index contributed by atoms with van der Waals surface area (Å²) >= 11 is 0. The minimum Gasteiger partial charge on any atom is -0.282 e. The van der Waals surface area contributed by atoms with Gasteiger partial charge in [-0.15, -0.1) is 0 Å². The molecule has 0 radical (unpaired) electrons. The third-order valence-corrected chi connectivity index (χ3v) is 2.58. The molecular formula is C10H12FN3O. The van der Waals surface area contributed by atoms with E-state index in [4.69, 9.17) is 0 Å². The first-order chi connectivity index (χ1) is 7.10. The van der Waals surface area contributed by atoms with Crippen LogP contribution in [0.4, 0.5) is 10.2 Å². The smallest absolute Gasteiger partial charge is 0.244 e. The van der Waals surface area contributed by atoms with Crippen LogP contribution in [-0.4, -0.2) is 10.9 Å². The molecule has 0 atom stereocenters. The van der Waals surface area contributed by atoms with E-state index in [2.05, 4.69) is 15.8 Å². The molecule has 1 saturated carbocycles. The van der Waals surface area contributed by atoms with E-state index in [0.717, 1.165) is 19.0 Å². The van der Waals surface area contributed by atoms with Gasteiger partial charge in [0.25, 0.3) is 0 Å². The first-order valence-corrected chi connectivity index (χ1v) is 4.78. The zero-order chi connectivity index (χ0) is 10.9. The third kappa shape index (κ3) is 2.23. The average molecular weight is 209 g/mol. The van der Waals surface area contributed by atoms with Crippen molar-refractivity contribution in [3.05, 3.63) is 24.1 Å². The molecule has 1 aliphatic rings. The summed E-state index contributed by atoms with van der Waals surface area (Å²) in [5.74, 6) is -0.0244. The van der Waals surface area contributed by atoms with E-state index in [0.29, 0.717) is 5.82 Å². The van der Waals surface area contributed by atoms with E-state index in [-0.39, 0.29) is 11.3 Å². The Morgan fingerprint density at radius 1 is 1.53 bits per heavy atom. The first-order valence-electron chi connectivity index (χ1n) is 4.78. The molecule has 5 heteroatoms. The summed E-state index contributed by atoms with van der Waals surface area (Å²) in [5, 5.41) is 0. The summed E-state index contributed by atoms with van der Waals surface area (Å²) in [6.45, 7) is 1.90.